The lowest BCUT2D eigenvalue weighted by molar-refractivity contribution is -0.384. The summed E-state index contributed by atoms with van der Waals surface area (Å²) in [7, 11) is -0.775. The summed E-state index contributed by atoms with van der Waals surface area (Å²) in [4.78, 5) is 10.8. The average Bonchev–Trinajstić information content (AvgIpc) is 2.77. The molecule has 0 aromatic heterocycles. The molecule has 0 atom stereocenters. The number of hydrogen-bond acceptors (Lipinski definition) is 8. The predicted octanol–water partition coefficient (Wildman–Crippen LogP) is 3.48. The first-order chi connectivity index (χ1) is 14.7. The third kappa shape index (κ3) is 5.30. The molecule has 0 amide bonds. The number of hydrazone groups is 1. The number of nitro groups is 1. The Hall–Kier alpha value is -3.18. The zero-order chi connectivity index (χ0) is 23.2. The van der Waals surface area contributed by atoms with Crippen LogP contribution in [0.1, 0.15) is 26.3 Å². The van der Waals surface area contributed by atoms with E-state index < -0.39 is 20.6 Å². The van der Waals surface area contributed by atoms with Gasteiger partial charge in [-0.05, 0) is 37.3 Å². The standard InChI is InChI=1S/C20H26N4O6S/c1-6-23(7-2)31(27,28)16-9-10-17(18(13-16)24(25)26)22-21-14(3)15-8-11-19(29-4)20(12-15)30-5/h8-13,22H,6-7H2,1-5H3/b21-14-. The van der Waals surface area contributed by atoms with Crippen molar-refractivity contribution < 1.29 is 22.8 Å². The van der Waals surface area contributed by atoms with E-state index in [0.29, 0.717) is 22.8 Å². The van der Waals surface area contributed by atoms with Gasteiger partial charge in [0.1, 0.15) is 5.69 Å². The van der Waals surface area contributed by atoms with Gasteiger partial charge in [-0.3, -0.25) is 15.5 Å². The van der Waals surface area contributed by atoms with E-state index in [4.69, 9.17) is 9.47 Å². The number of ether oxygens (including phenoxy) is 2. The second kappa shape index (κ2) is 10.2. The fourth-order valence-corrected chi connectivity index (χ4v) is 4.38. The second-order valence-corrected chi connectivity index (χ2v) is 8.34. The minimum atomic E-state index is -3.82. The van der Waals surface area contributed by atoms with Crippen LogP contribution >= 0.6 is 0 Å². The lowest BCUT2D eigenvalue weighted by Crippen LogP contribution is -2.30. The number of nitrogens with zero attached hydrogens (tertiary/aromatic N) is 3. The molecule has 0 bridgehead atoms. The zero-order valence-corrected chi connectivity index (χ0v) is 18.9. The Morgan fingerprint density at radius 1 is 1.10 bits per heavy atom. The maximum atomic E-state index is 12.7. The fraction of sp³-hybridized carbons (Fsp3) is 0.350. The van der Waals surface area contributed by atoms with Crippen molar-refractivity contribution in [3.05, 3.63) is 52.1 Å². The molecule has 0 fully saturated rings. The van der Waals surface area contributed by atoms with Gasteiger partial charge in [-0.2, -0.15) is 9.41 Å². The van der Waals surface area contributed by atoms with Crippen LogP contribution in [0.15, 0.2) is 46.4 Å². The number of nitrogens with one attached hydrogen (secondary N) is 1. The molecule has 0 radical (unpaired) electrons. The highest BCUT2D eigenvalue weighted by Crippen LogP contribution is 2.30. The third-order valence-electron chi connectivity index (χ3n) is 4.65. The first kappa shape index (κ1) is 24.1. The van der Waals surface area contributed by atoms with Crippen molar-refractivity contribution in [3.63, 3.8) is 0 Å². The van der Waals surface area contributed by atoms with E-state index in [0.717, 1.165) is 6.07 Å². The highest BCUT2D eigenvalue weighted by Gasteiger charge is 2.25. The molecule has 0 aliphatic rings. The molecule has 10 nitrogen and oxygen atoms in total. The Bertz CT molecular complexity index is 1080. The summed E-state index contributed by atoms with van der Waals surface area (Å²) >= 11 is 0. The number of nitro benzene ring substituents is 1. The van der Waals surface area contributed by atoms with Crippen molar-refractivity contribution in [2.75, 3.05) is 32.7 Å². The number of anilines is 1. The first-order valence-corrected chi connectivity index (χ1v) is 10.9. The van der Waals surface area contributed by atoms with Crippen LogP contribution in [0.5, 0.6) is 11.5 Å². The zero-order valence-electron chi connectivity index (χ0n) is 18.1. The van der Waals surface area contributed by atoms with Crippen molar-refractivity contribution in [2.24, 2.45) is 5.10 Å². The van der Waals surface area contributed by atoms with Crippen molar-refractivity contribution in [3.8, 4) is 11.5 Å². The molecule has 0 unspecified atom stereocenters. The van der Waals surface area contributed by atoms with Crippen LogP contribution in [0, 0.1) is 10.1 Å². The number of rotatable bonds is 10. The van der Waals surface area contributed by atoms with Gasteiger partial charge in [0, 0.05) is 24.7 Å². The van der Waals surface area contributed by atoms with E-state index >= 15 is 0 Å². The number of methoxy groups -OCH3 is 2. The molecule has 0 saturated heterocycles. The van der Waals surface area contributed by atoms with Gasteiger partial charge >= 0.3 is 0 Å². The molecule has 0 aliphatic carbocycles. The molecule has 31 heavy (non-hydrogen) atoms. The molecule has 2 aromatic carbocycles. The van der Waals surface area contributed by atoms with Crippen LogP contribution < -0.4 is 14.9 Å². The maximum Gasteiger partial charge on any atom is 0.295 e. The van der Waals surface area contributed by atoms with Gasteiger partial charge in [-0.25, -0.2) is 8.42 Å². The Balaban J connectivity index is 2.38. The Kier molecular flexibility index (Phi) is 7.95. The summed E-state index contributed by atoms with van der Waals surface area (Å²) in [6.45, 7) is 5.66. The quantitative estimate of drug-likeness (QED) is 0.334. The minimum absolute atomic E-state index is 0.0725. The average molecular weight is 451 g/mol. The van der Waals surface area contributed by atoms with Crippen LogP contribution in [0.2, 0.25) is 0 Å². The summed E-state index contributed by atoms with van der Waals surface area (Å²) < 4.78 is 37.1. The van der Waals surface area contributed by atoms with Gasteiger partial charge in [0.05, 0.1) is 29.8 Å². The van der Waals surface area contributed by atoms with Crippen molar-refractivity contribution in [2.45, 2.75) is 25.7 Å². The smallest absolute Gasteiger partial charge is 0.295 e. The highest BCUT2D eigenvalue weighted by atomic mass is 32.2. The van der Waals surface area contributed by atoms with Crippen molar-refractivity contribution in [1.82, 2.24) is 4.31 Å². The molecular weight excluding hydrogens is 424 g/mol. The molecule has 0 spiro atoms. The summed E-state index contributed by atoms with van der Waals surface area (Å²) in [6, 6.07) is 8.92. The molecule has 0 aliphatic heterocycles. The van der Waals surface area contributed by atoms with E-state index in [2.05, 4.69) is 10.5 Å². The Labute approximate surface area is 181 Å². The molecular formula is C20H26N4O6S. The summed E-state index contributed by atoms with van der Waals surface area (Å²) in [6.07, 6.45) is 0. The Morgan fingerprint density at radius 3 is 2.29 bits per heavy atom. The van der Waals surface area contributed by atoms with E-state index in [1.165, 1.54) is 30.7 Å². The number of sulfonamides is 1. The molecule has 168 valence electrons. The highest BCUT2D eigenvalue weighted by molar-refractivity contribution is 7.89. The maximum absolute atomic E-state index is 12.7. The van der Waals surface area contributed by atoms with Gasteiger partial charge in [0.25, 0.3) is 5.69 Å². The van der Waals surface area contributed by atoms with Crippen LogP contribution in [-0.4, -0.2) is 50.7 Å². The molecule has 2 rings (SSSR count). The van der Waals surface area contributed by atoms with E-state index in [1.807, 2.05) is 0 Å². The monoisotopic (exact) mass is 450 g/mol. The van der Waals surface area contributed by atoms with Gasteiger partial charge < -0.3 is 9.47 Å². The van der Waals surface area contributed by atoms with Gasteiger partial charge in [0.2, 0.25) is 10.0 Å². The van der Waals surface area contributed by atoms with Crippen molar-refractivity contribution in [1.29, 1.82) is 0 Å². The Morgan fingerprint density at radius 2 is 1.74 bits per heavy atom. The lowest BCUT2D eigenvalue weighted by Gasteiger charge is -2.18. The van der Waals surface area contributed by atoms with E-state index in [1.54, 1.807) is 39.0 Å². The van der Waals surface area contributed by atoms with Gasteiger partial charge in [-0.1, -0.05) is 13.8 Å². The second-order valence-electron chi connectivity index (χ2n) is 6.40. The van der Waals surface area contributed by atoms with Crippen LogP contribution in [-0.2, 0) is 10.0 Å². The van der Waals surface area contributed by atoms with E-state index in [-0.39, 0.29) is 23.7 Å². The normalized spacial score (nSPS) is 12.0. The molecule has 0 heterocycles. The number of benzene rings is 2. The topological polar surface area (TPSA) is 123 Å². The van der Waals surface area contributed by atoms with Crippen molar-refractivity contribution >= 4 is 27.1 Å². The number of hydrogen-bond donors (Lipinski definition) is 1. The summed E-state index contributed by atoms with van der Waals surface area (Å²) in [5, 5.41) is 15.8. The largest absolute Gasteiger partial charge is 0.493 e. The van der Waals surface area contributed by atoms with Crippen LogP contribution in [0.25, 0.3) is 0 Å². The molecule has 0 saturated carbocycles. The fourth-order valence-electron chi connectivity index (χ4n) is 2.90. The van der Waals surface area contributed by atoms with Gasteiger partial charge in [-0.15, -0.1) is 0 Å². The summed E-state index contributed by atoms with van der Waals surface area (Å²) in [5.41, 5.74) is 3.59. The lowest BCUT2D eigenvalue weighted by atomic mass is 10.1. The molecule has 11 heteroatoms. The van der Waals surface area contributed by atoms with E-state index in [9.17, 15) is 18.5 Å². The predicted molar refractivity (Wildman–Crippen MR) is 119 cm³/mol. The van der Waals surface area contributed by atoms with Crippen LogP contribution in [0.3, 0.4) is 0 Å². The van der Waals surface area contributed by atoms with Crippen LogP contribution in [0.4, 0.5) is 11.4 Å². The summed E-state index contributed by atoms with van der Waals surface area (Å²) in [5.74, 6) is 1.08. The first-order valence-electron chi connectivity index (χ1n) is 9.50. The van der Waals surface area contributed by atoms with Gasteiger partial charge in [0.15, 0.2) is 11.5 Å². The molecule has 2 aromatic rings. The third-order valence-corrected chi connectivity index (χ3v) is 6.70. The SMILES string of the molecule is CCN(CC)S(=O)(=O)c1ccc(N/N=C(/C)c2ccc(OC)c(OC)c2)c([N+](=O)[O-])c1. The minimum Gasteiger partial charge on any atom is -0.493 e. The molecule has 1 N–H and O–H groups in total.